The fourth-order valence-electron chi connectivity index (χ4n) is 2.06. The molecule has 0 radical (unpaired) electrons. The van der Waals surface area contributed by atoms with Gasteiger partial charge in [-0.3, -0.25) is 0 Å². The molecule has 4 heteroatoms. The summed E-state index contributed by atoms with van der Waals surface area (Å²) in [7, 11) is 2.01. The first-order valence-corrected chi connectivity index (χ1v) is 6.74. The van der Waals surface area contributed by atoms with Crippen LogP contribution < -0.4 is 4.90 Å². The van der Waals surface area contributed by atoms with Crippen molar-refractivity contribution in [3.8, 4) is 0 Å². The summed E-state index contributed by atoms with van der Waals surface area (Å²) in [6, 6.07) is 16.2. The molecule has 0 saturated heterocycles. The van der Waals surface area contributed by atoms with Gasteiger partial charge in [0.25, 0.3) is 0 Å². The average Bonchev–Trinajstić information content (AvgIpc) is 2.47. The summed E-state index contributed by atoms with van der Waals surface area (Å²) in [5, 5.41) is 1.03. The topological polar surface area (TPSA) is 29.0 Å². The zero-order chi connectivity index (χ0) is 13.2. The molecule has 0 aliphatic carbocycles. The fourth-order valence-corrected chi connectivity index (χ4v) is 2.42. The number of para-hydroxylation sites is 1. The van der Waals surface area contributed by atoms with Crippen molar-refractivity contribution in [1.29, 1.82) is 0 Å². The predicted molar refractivity (Wildman–Crippen MR) is 81.7 cm³/mol. The van der Waals surface area contributed by atoms with Crippen molar-refractivity contribution in [2.45, 2.75) is 0 Å². The second-order valence-electron chi connectivity index (χ2n) is 4.25. The van der Waals surface area contributed by atoms with Crippen molar-refractivity contribution in [2.75, 3.05) is 11.9 Å². The average molecular weight is 314 g/mol. The lowest BCUT2D eigenvalue weighted by molar-refractivity contribution is 1.11. The van der Waals surface area contributed by atoms with Gasteiger partial charge in [0.05, 0.1) is 5.52 Å². The number of aromatic nitrogens is 2. The molecule has 0 aliphatic heterocycles. The van der Waals surface area contributed by atoms with Gasteiger partial charge < -0.3 is 4.90 Å². The van der Waals surface area contributed by atoms with Gasteiger partial charge in [0.2, 0.25) is 0 Å². The van der Waals surface area contributed by atoms with E-state index in [0.717, 1.165) is 26.9 Å². The van der Waals surface area contributed by atoms with Crippen LogP contribution in [0.4, 0.5) is 11.5 Å². The minimum Gasteiger partial charge on any atom is -0.329 e. The van der Waals surface area contributed by atoms with Gasteiger partial charge in [0.1, 0.15) is 12.1 Å². The Morgan fingerprint density at radius 1 is 1.00 bits per heavy atom. The Labute approximate surface area is 120 Å². The van der Waals surface area contributed by atoms with Gasteiger partial charge in [0.15, 0.2) is 0 Å². The molecule has 2 aromatic carbocycles. The van der Waals surface area contributed by atoms with E-state index in [4.69, 9.17) is 0 Å². The first kappa shape index (κ1) is 12.1. The molecule has 0 spiro atoms. The molecule has 0 amide bonds. The highest BCUT2D eigenvalue weighted by atomic mass is 79.9. The first-order chi connectivity index (χ1) is 9.25. The van der Waals surface area contributed by atoms with E-state index in [0.29, 0.717) is 0 Å². The van der Waals surface area contributed by atoms with Crippen molar-refractivity contribution in [3.05, 3.63) is 59.3 Å². The van der Waals surface area contributed by atoms with Gasteiger partial charge in [-0.05, 0) is 30.3 Å². The monoisotopic (exact) mass is 313 g/mol. The minimum atomic E-state index is 0.900. The normalized spacial score (nSPS) is 10.6. The Hall–Kier alpha value is -1.94. The number of rotatable bonds is 2. The molecule has 3 nitrogen and oxygen atoms in total. The predicted octanol–water partition coefficient (Wildman–Crippen LogP) is 4.16. The van der Waals surface area contributed by atoms with Gasteiger partial charge in [-0.15, -0.1) is 0 Å². The molecular formula is C15H12BrN3. The Bertz CT molecular complexity index is 713. The van der Waals surface area contributed by atoms with Crippen LogP contribution in [-0.2, 0) is 0 Å². The number of anilines is 2. The molecule has 0 aliphatic rings. The van der Waals surface area contributed by atoms with Crippen molar-refractivity contribution in [1.82, 2.24) is 9.97 Å². The van der Waals surface area contributed by atoms with Gasteiger partial charge in [-0.25, -0.2) is 9.97 Å². The molecular weight excluding hydrogens is 302 g/mol. The largest absolute Gasteiger partial charge is 0.329 e. The van der Waals surface area contributed by atoms with E-state index in [2.05, 4.69) is 42.9 Å². The smallest absolute Gasteiger partial charge is 0.144 e. The van der Waals surface area contributed by atoms with E-state index >= 15 is 0 Å². The lowest BCUT2D eigenvalue weighted by atomic mass is 10.2. The van der Waals surface area contributed by atoms with E-state index < -0.39 is 0 Å². The first-order valence-electron chi connectivity index (χ1n) is 5.95. The van der Waals surface area contributed by atoms with Crippen molar-refractivity contribution in [3.63, 3.8) is 0 Å². The van der Waals surface area contributed by atoms with Crippen LogP contribution in [0.5, 0.6) is 0 Å². The standard InChI is InChI=1S/C15H12BrN3/c1-19(12-5-3-2-4-6-12)15-13-9-11(16)7-8-14(13)17-10-18-15/h2-10H,1H3. The SMILES string of the molecule is CN(c1ccccc1)c1ncnc2ccc(Br)cc12. The maximum absolute atomic E-state index is 4.42. The van der Waals surface area contributed by atoms with Crippen LogP contribution >= 0.6 is 15.9 Å². The zero-order valence-electron chi connectivity index (χ0n) is 10.4. The van der Waals surface area contributed by atoms with Crippen LogP contribution in [0.1, 0.15) is 0 Å². The third-order valence-electron chi connectivity index (χ3n) is 3.04. The summed E-state index contributed by atoms with van der Waals surface area (Å²) < 4.78 is 1.03. The van der Waals surface area contributed by atoms with E-state index in [1.165, 1.54) is 0 Å². The summed E-state index contributed by atoms with van der Waals surface area (Å²) in [4.78, 5) is 10.8. The van der Waals surface area contributed by atoms with Gasteiger partial charge in [0, 0.05) is 22.6 Å². The van der Waals surface area contributed by atoms with Crippen LogP contribution in [0.25, 0.3) is 10.9 Å². The lowest BCUT2D eigenvalue weighted by Gasteiger charge is -2.19. The maximum Gasteiger partial charge on any atom is 0.144 e. The summed E-state index contributed by atoms with van der Waals surface area (Å²) in [5.74, 6) is 0.900. The fraction of sp³-hybridized carbons (Fsp3) is 0.0667. The Morgan fingerprint density at radius 3 is 2.58 bits per heavy atom. The Morgan fingerprint density at radius 2 is 1.79 bits per heavy atom. The van der Waals surface area contributed by atoms with E-state index in [-0.39, 0.29) is 0 Å². The maximum atomic E-state index is 4.42. The van der Waals surface area contributed by atoms with Crippen LogP contribution in [-0.4, -0.2) is 17.0 Å². The zero-order valence-corrected chi connectivity index (χ0v) is 12.0. The number of nitrogens with zero attached hydrogens (tertiary/aromatic N) is 3. The third-order valence-corrected chi connectivity index (χ3v) is 3.53. The van der Waals surface area contributed by atoms with E-state index in [1.807, 2.05) is 43.4 Å². The molecule has 1 aromatic heterocycles. The molecule has 19 heavy (non-hydrogen) atoms. The van der Waals surface area contributed by atoms with Crippen molar-refractivity contribution < 1.29 is 0 Å². The lowest BCUT2D eigenvalue weighted by Crippen LogP contribution is -2.11. The quantitative estimate of drug-likeness (QED) is 0.711. The molecule has 3 aromatic rings. The highest BCUT2D eigenvalue weighted by Gasteiger charge is 2.10. The number of hydrogen-bond donors (Lipinski definition) is 0. The van der Waals surface area contributed by atoms with Crippen LogP contribution in [0.2, 0.25) is 0 Å². The number of hydrogen-bond acceptors (Lipinski definition) is 3. The minimum absolute atomic E-state index is 0.900. The summed E-state index contributed by atoms with van der Waals surface area (Å²) in [5.41, 5.74) is 2.04. The summed E-state index contributed by atoms with van der Waals surface area (Å²) >= 11 is 3.50. The molecule has 0 saturated carbocycles. The molecule has 0 unspecified atom stereocenters. The van der Waals surface area contributed by atoms with E-state index in [9.17, 15) is 0 Å². The Kier molecular flexibility index (Phi) is 3.17. The number of benzene rings is 2. The summed E-state index contributed by atoms with van der Waals surface area (Å²) in [6.45, 7) is 0. The van der Waals surface area contributed by atoms with Crippen LogP contribution in [0, 0.1) is 0 Å². The second-order valence-corrected chi connectivity index (χ2v) is 5.17. The molecule has 94 valence electrons. The molecule has 0 atom stereocenters. The third kappa shape index (κ3) is 2.31. The second kappa shape index (κ2) is 4.97. The molecule has 0 N–H and O–H groups in total. The number of halogens is 1. The summed E-state index contributed by atoms with van der Waals surface area (Å²) in [6.07, 6.45) is 1.60. The van der Waals surface area contributed by atoms with Gasteiger partial charge in [-0.2, -0.15) is 0 Å². The Balaban J connectivity index is 2.17. The van der Waals surface area contributed by atoms with Crippen LogP contribution in [0.15, 0.2) is 59.3 Å². The van der Waals surface area contributed by atoms with E-state index in [1.54, 1.807) is 6.33 Å². The van der Waals surface area contributed by atoms with Gasteiger partial charge in [-0.1, -0.05) is 34.1 Å². The molecule has 3 rings (SSSR count). The molecule has 0 fully saturated rings. The number of fused-ring (bicyclic) bond motifs is 1. The highest BCUT2D eigenvalue weighted by Crippen LogP contribution is 2.29. The highest BCUT2D eigenvalue weighted by molar-refractivity contribution is 9.10. The van der Waals surface area contributed by atoms with Crippen LogP contribution in [0.3, 0.4) is 0 Å². The molecule has 0 bridgehead atoms. The van der Waals surface area contributed by atoms with Gasteiger partial charge >= 0.3 is 0 Å². The molecule has 1 heterocycles. The van der Waals surface area contributed by atoms with Crippen molar-refractivity contribution >= 4 is 38.3 Å². The van der Waals surface area contributed by atoms with Crippen molar-refractivity contribution in [2.24, 2.45) is 0 Å².